The molecule has 0 amide bonds. The lowest BCUT2D eigenvalue weighted by Gasteiger charge is -2.09. The van der Waals surface area contributed by atoms with Crippen LogP contribution in [0, 0.1) is 0 Å². The lowest BCUT2D eigenvalue weighted by molar-refractivity contribution is 0.0592. The Bertz CT molecular complexity index is 3020. The van der Waals surface area contributed by atoms with Crippen LogP contribution in [-0.4, -0.2) is 52.1 Å². The molecule has 0 aliphatic rings. The van der Waals surface area contributed by atoms with Gasteiger partial charge < -0.3 is 24.3 Å². The summed E-state index contributed by atoms with van der Waals surface area (Å²) >= 11 is 0. The van der Waals surface area contributed by atoms with Crippen molar-refractivity contribution >= 4 is 69.0 Å². The third-order valence-electron chi connectivity index (χ3n) is 9.52. The summed E-state index contributed by atoms with van der Waals surface area (Å²) in [6.45, 7) is 1.27. The molecule has 0 aliphatic carbocycles. The molecule has 0 saturated heterocycles. The van der Waals surface area contributed by atoms with E-state index in [-0.39, 0.29) is 22.6 Å². The van der Waals surface area contributed by atoms with Crippen molar-refractivity contribution in [1.29, 1.82) is 0 Å². The molecule has 61 heavy (non-hydrogen) atoms. The number of halogens is 1. The molecule has 11 nitrogen and oxygen atoms in total. The lowest BCUT2D eigenvalue weighted by Crippen LogP contribution is -2.06. The average molecular weight is 876 g/mol. The Kier molecular flexibility index (Phi) is 14.1. The van der Waals surface area contributed by atoms with Gasteiger partial charge in [0, 0.05) is 52.9 Å². The molecular formula is C47H42ClN3O8S2. The van der Waals surface area contributed by atoms with E-state index in [1.165, 1.54) is 26.4 Å². The summed E-state index contributed by atoms with van der Waals surface area (Å²) in [5, 5.41) is 2.11. The first-order chi connectivity index (χ1) is 29.2. The number of methoxy groups -OCH3 is 2. The zero-order valence-electron chi connectivity index (χ0n) is 33.2. The summed E-state index contributed by atoms with van der Waals surface area (Å²) in [6.07, 6.45) is 3.97. The molecule has 0 atom stereocenters. The minimum Gasteiger partial charge on any atom is -0.465 e. The molecule has 2 N–H and O–H groups in total. The van der Waals surface area contributed by atoms with Crippen molar-refractivity contribution in [3.05, 3.63) is 198 Å². The first-order valence-electron chi connectivity index (χ1n) is 18.8. The summed E-state index contributed by atoms with van der Waals surface area (Å²) < 4.78 is 60.3. The van der Waals surface area contributed by atoms with Gasteiger partial charge in [-0.05, 0) is 100 Å². The Morgan fingerprint density at radius 1 is 0.541 bits per heavy atom. The van der Waals surface area contributed by atoms with Crippen molar-refractivity contribution in [1.82, 2.24) is 9.13 Å². The fraction of sp³-hybridized carbons (Fsp3) is 0.106. The van der Waals surface area contributed by atoms with Gasteiger partial charge in [0.05, 0.1) is 40.9 Å². The third-order valence-corrected chi connectivity index (χ3v) is 12.6. The number of nitrogens with two attached hydrogens (primary N) is 1. The second kappa shape index (κ2) is 19.6. The van der Waals surface area contributed by atoms with Gasteiger partial charge in [0.1, 0.15) is 0 Å². The molecule has 6 aromatic carbocycles. The van der Waals surface area contributed by atoms with Crippen LogP contribution in [0.3, 0.4) is 0 Å². The quantitative estimate of drug-likeness (QED) is 0.0804. The number of benzene rings is 6. The highest BCUT2D eigenvalue weighted by Gasteiger charge is 2.16. The van der Waals surface area contributed by atoms with Gasteiger partial charge in [0.2, 0.25) is 0 Å². The number of nitrogens with zero attached hydrogens (tertiary/aromatic N) is 2. The molecule has 14 heteroatoms. The van der Waals surface area contributed by atoms with Gasteiger partial charge in [-0.3, -0.25) is 0 Å². The van der Waals surface area contributed by atoms with Crippen LogP contribution in [0.5, 0.6) is 0 Å². The molecule has 0 unspecified atom stereocenters. The van der Waals surface area contributed by atoms with Gasteiger partial charge in [-0.15, -0.1) is 0 Å². The number of nitrogen functional groups attached to an aromatic ring is 1. The molecular weight excluding hydrogens is 834 g/mol. The van der Waals surface area contributed by atoms with Gasteiger partial charge in [0.15, 0.2) is 9.84 Å². The van der Waals surface area contributed by atoms with Gasteiger partial charge in [-0.1, -0.05) is 84.9 Å². The first-order valence-corrected chi connectivity index (χ1v) is 22.7. The van der Waals surface area contributed by atoms with Crippen LogP contribution >= 0.6 is 10.7 Å². The number of hydrogen-bond acceptors (Lipinski definition) is 9. The molecule has 312 valence electrons. The monoisotopic (exact) mass is 875 g/mol. The van der Waals surface area contributed by atoms with Crippen LogP contribution in [0.15, 0.2) is 180 Å². The average Bonchev–Trinajstić information content (AvgIpc) is 3.86. The van der Waals surface area contributed by atoms with Crippen LogP contribution < -0.4 is 5.73 Å². The largest absolute Gasteiger partial charge is 0.465 e. The Morgan fingerprint density at radius 2 is 1.00 bits per heavy atom. The van der Waals surface area contributed by atoms with Crippen molar-refractivity contribution in [3.8, 4) is 0 Å². The Balaban J connectivity index is 0.000000173. The SMILES string of the molecule is COC(=O)c1ccc2ccn(Cc3cccc(CS(=O)(=O)c4ccccc4)c3)c2c1.COC(=O)c1ccc2ccn(Cc3cccc(N)c3)c2c1.O=S(=O)(Cl)c1ccccc1. The highest BCUT2D eigenvalue weighted by Crippen LogP contribution is 2.23. The maximum Gasteiger partial charge on any atom is 0.337 e. The zero-order valence-corrected chi connectivity index (χ0v) is 35.6. The van der Waals surface area contributed by atoms with Crippen LogP contribution in [0.4, 0.5) is 5.69 Å². The van der Waals surface area contributed by atoms with Gasteiger partial charge in [0.25, 0.3) is 9.05 Å². The minimum atomic E-state index is -3.53. The predicted octanol–water partition coefficient (Wildman–Crippen LogP) is 9.12. The van der Waals surface area contributed by atoms with E-state index in [0.29, 0.717) is 29.1 Å². The number of carbonyl (C=O) groups is 2. The van der Waals surface area contributed by atoms with E-state index >= 15 is 0 Å². The number of hydrogen-bond donors (Lipinski definition) is 1. The van der Waals surface area contributed by atoms with Gasteiger partial charge in [-0.25, -0.2) is 26.4 Å². The second-order valence-corrected chi connectivity index (χ2v) is 18.4. The van der Waals surface area contributed by atoms with Crippen molar-refractivity contribution in [2.45, 2.75) is 28.6 Å². The normalized spacial score (nSPS) is 11.2. The van der Waals surface area contributed by atoms with Crippen LogP contribution in [-0.2, 0) is 47.2 Å². The zero-order chi connectivity index (χ0) is 43.6. The number of ether oxygens (including phenoxy) is 2. The maximum atomic E-state index is 12.7. The van der Waals surface area contributed by atoms with Crippen molar-refractivity contribution in [2.24, 2.45) is 0 Å². The highest BCUT2D eigenvalue weighted by molar-refractivity contribution is 8.13. The van der Waals surface area contributed by atoms with Gasteiger partial charge in [-0.2, -0.15) is 0 Å². The number of anilines is 1. The van der Waals surface area contributed by atoms with Crippen LogP contribution in [0.1, 0.15) is 37.4 Å². The predicted molar refractivity (Wildman–Crippen MR) is 239 cm³/mol. The standard InChI is InChI=1S/C24H21NO4S.C17H16N2O2.C6H5ClO2S/c1-29-24(26)21-11-10-20-12-13-25(23(20)15-21)16-18-6-5-7-19(14-18)17-30(27,28)22-8-3-2-4-9-22;1-21-17(20)14-6-5-13-7-8-19(16(13)10-14)11-12-3-2-4-15(18)9-12;7-10(8,9)6-4-2-1-3-5-6/h2-15H,16-17H2,1H3;2-10H,11,18H2,1H3;1-5H. The fourth-order valence-corrected chi connectivity index (χ4v) is 8.70. The Hall–Kier alpha value is -6.67. The lowest BCUT2D eigenvalue weighted by atomic mass is 10.1. The van der Waals surface area contributed by atoms with E-state index < -0.39 is 18.9 Å². The number of carbonyl (C=O) groups excluding carboxylic acids is 2. The minimum absolute atomic E-state index is 0.0518. The van der Waals surface area contributed by atoms with E-state index in [9.17, 15) is 26.4 Å². The fourth-order valence-electron chi connectivity index (χ4n) is 6.55. The maximum absolute atomic E-state index is 12.7. The number of sulfone groups is 1. The number of rotatable bonds is 10. The topological polar surface area (TPSA) is 157 Å². The summed E-state index contributed by atoms with van der Waals surface area (Å²) in [6, 6.07) is 46.7. The van der Waals surface area contributed by atoms with E-state index in [1.54, 1.807) is 60.7 Å². The number of esters is 2. The molecule has 8 rings (SSSR count). The molecule has 0 saturated carbocycles. The second-order valence-electron chi connectivity index (χ2n) is 13.8. The molecule has 8 aromatic rings. The number of fused-ring (bicyclic) bond motifs is 2. The van der Waals surface area contributed by atoms with Crippen molar-refractivity contribution in [3.63, 3.8) is 0 Å². The summed E-state index contributed by atoms with van der Waals surface area (Å²) in [5.74, 6) is -0.754. The van der Waals surface area contributed by atoms with Crippen molar-refractivity contribution < 1.29 is 35.9 Å². The van der Waals surface area contributed by atoms with Gasteiger partial charge >= 0.3 is 11.9 Å². The molecule has 2 heterocycles. The third kappa shape index (κ3) is 11.5. The summed E-state index contributed by atoms with van der Waals surface area (Å²) in [5.41, 5.74) is 12.4. The molecule has 0 bridgehead atoms. The van der Waals surface area contributed by atoms with E-state index in [1.807, 2.05) is 102 Å². The number of aromatic nitrogens is 2. The first kappa shape index (κ1) is 43.9. The Morgan fingerprint density at radius 3 is 1.46 bits per heavy atom. The van der Waals surface area contributed by atoms with E-state index in [2.05, 4.69) is 4.57 Å². The molecule has 0 radical (unpaired) electrons. The molecule has 0 fully saturated rings. The summed E-state index contributed by atoms with van der Waals surface area (Å²) in [4.78, 5) is 24.0. The molecule has 0 spiro atoms. The summed E-state index contributed by atoms with van der Waals surface area (Å²) in [7, 11) is 0.846. The van der Waals surface area contributed by atoms with Crippen LogP contribution in [0.2, 0.25) is 0 Å². The Labute approximate surface area is 358 Å². The molecule has 2 aromatic heterocycles. The van der Waals surface area contributed by atoms with Crippen molar-refractivity contribution in [2.75, 3.05) is 20.0 Å². The van der Waals surface area contributed by atoms with Crippen LogP contribution in [0.25, 0.3) is 21.8 Å². The highest BCUT2D eigenvalue weighted by atomic mass is 35.7. The van der Waals surface area contributed by atoms with E-state index in [4.69, 9.17) is 25.9 Å². The molecule has 0 aliphatic heterocycles. The van der Waals surface area contributed by atoms with E-state index in [0.717, 1.165) is 44.2 Å². The smallest absolute Gasteiger partial charge is 0.337 e.